The van der Waals surface area contributed by atoms with Gasteiger partial charge in [-0.3, -0.25) is 0 Å². The topological polar surface area (TPSA) is 98.0 Å². The van der Waals surface area contributed by atoms with E-state index in [2.05, 4.69) is 15.3 Å². The first-order chi connectivity index (χ1) is 11.4. The highest BCUT2D eigenvalue weighted by Gasteiger charge is 2.08. The van der Waals surface area contributed by atoms with Crippen LogP contribution in [0.2, 0.25) is 0 Å². The molecule has 0 fully saturated rings. The van der Waals surface area contributed by atoms with Gasteiger partial charge in [-0.1, -0.05) is 24.3 Å². The lowest BCUT2D eigenvalue weighted by atomic mass is 10.1. The highest BCUT2D eigenvalue weighted by Crippen LogP contribution is 2.22. The molecule has 0 aliphatic heterocycles. The first-order valence-electron chi connectivity index (χ1n) is 7.22. The van der Waals surface area contributed by atoms with Crippen molar-refractivity contribution in [3.63, 3.8) is 0 Å². The van der Waals surface area contributed by atoms with E-state index in [9.17, 15) is 8.42 Å². The maximum absolute atomic E-state index is 11.3. The molecule has 122 valence electrons. The van der Waals surface area contributed by atoms with E-state index in [4.69, 9.17) is 5.14 Å². The van der Waals surface area contributed by atoms with Crippen LogP contribution in [-0.4, -0.2) is 18.4 Å². The lowest BCUT2D eigenvalue weighted by Crippen LogP contribution is -2.11. The predicted octanol–water partition coefficient (Wildman–Crippen LogP) is 2.84. The van der Waals surface area contributed by atoms with Gasteiger partial charge in [0.15, 0.2) is 0 Å². The molecule has 3 N–H and O–H groups in total. The van der Waals surface area contributed by atoms with Gasteiger partial charge in [-0.2, -0.15) is 0 Å². The summed E-state index contributed by atoms with van der Waals surface area (Å²) in [5, 5.41) is 8.14. The van der Waals surface area contributed by atoms with E-state index in [-0.39, 0.29) is 4.90 Å². The third-order valence-electron chi connectivity index (χ3n) is 3.52. The van der Waals surface area contributed by atoms with Gasteiger partial charge in [-0.15, -0.1) is 0 Å². The van der Waals surface area contributed by atoms with Crippen LogP contribution in [0.4, 0.5) is 11.6 Å². The fourth-order valence-electron chi connectivity index (χ4n) is 2.29. The molecule has 0 spiro atoms. The van der Waals surface area contributed by atoms with Crippen LogP contribution in [0, 0.1) is 6.92 Å². The lowest BCUT2D eigenvalue weighted by Gasteiger charge is -2.08. The number of benzene rings is 2. The zero-order valence-corrected chi connectivity index (χ0v) is 13.8. The van der Waals surface area contributed by atoms with Crippen molar-refractivity contribution in [2.24, 2.45) is 5.14 Å². The van der Waals surface area contributed by atoms with Crippen LogP contribution in [0.5, 0.6) is 0 Å². The third-order valence-corrected chi connectivity index (χ3v) is 4.44. The lowest BCUT2D eigenvalue weighted by molar-refractivity contribution is 0.598. The molecular weight excluding hydrogens is 324 g/mol. The smallest absolute Gasteiger partial charge is 0.238 e. The summed E-state index contributed by atoms with van der Waals surface area (Å²) in [6, 6.07) is 15.9. The molecule has 3 rings (SSSR count). The molecule has 0 saturated carbocycles. The summed E-state index contributed by atoms with van der Waals surface area (Å²) >= 11 is 0. The van der Waals surface area contributed by atoms with Gasteiger partial charge in [0, 0.05) is 17.4 Å². The SMILES string of the molecule is Cc1ccccc1-c1ccnc(Nc2ccc(S(N)(=O)=O)cc2)n1. The maximum atomic E-state index is 11.3. The molecular formula is C17H16N4O2S. The summed E-state index contributed by atoms with van der Waals surface area (Å²) in [7, 11) is -3.70. The van der Waals surface area contributed by atoms with Crippen molar-refractivity contribution in [1.29, 1.82) is 0 Å². The van der Waals surface area contributed by atoms with E-state index in [0.717, 1.165) is 16.8 Å². The fourth-order valence-corrected chi connectivity index (χ4v) is 2.80. The number of nitrogens with zero attached hydrogens (tertiary/aromatic N) is 2. The Hall–Kier alpha value is -2.77. The van der Waals surface area contributed by atoms with Crippen LogP contribution in [0.25, 0.3) is 11.3 Å². The van der Waals surface area contributed by atoms with E-state index in [1.54, 1.807) is 18.3 Å². The Balaban J connectivity index is 1.86. The first-order valence-corrected chi connectivity index (χ1v) is 8.77. The van der Waals surface area contributed by atoms with E-state index < -0.39 is 10.0 Å². The second-order valence-electron chi connectivity index (χ2n) is 5.27. The van der Waals surface area contributed by atoms with Crippen LogP contribution in [0.15, 0.2) is 65.7 Å². The van der Waals surface area contributed by atoms with Crippen LogP contribution >= 0.6 is 0 Å². The molecule has 6 nitrogen and oxygen atoms in total. The molecule has 1 heterocycles. The number of rotatable bonds is 4. The van der Waals surface area contributed by atoms with Crippen molar-refractivity contribution < 1.29 is 8.42 Å². The van der Waals surface area contributed by atoms with Crippen molar-refractivity contribution in [3.8, 4) is 11.3 Å². The molecule has 0 atom stereocenters. The van der Waals surface area contributed by atoms with Gasteiger partial charge in [0.2, 0.25) is 16.0 Å². The quantitative estimate of drug-likeness (QED) is 0.761. The van der Waals surface area contributed by atoms with Gasteiger partial charge in [0.25, 0.3) is 0 Å². The Morgan fingerprint density at radius 3 is 2.38 bits per heavy atom. The van der Waals surface area contributed by atoms with Crippen molar-refractivity contribution in [2.45, 2.75) is 11.8 Å². The summed E-state index contributed by atoms with van der Waals surface area (Å²) in [4.78, 5) is 8.76. The van der Waals surface area contributed by atoms with E-state index in [1.165, 1.54) is 12.1 Å². The molecule has 0 aliphatic carbocycles. The average Bonchev–Trinajstić information content (AvgIpc) is 2.55. The van der Waals surface area contributed by atoms with Crippen LogP contribution in [0.1, 0.15) is 5.56 Å². The molecule has 0 unspecified atom stereocenters. The Morgan fingerprint density at radius 2 is 1.71 bits per heavy atom. The molecule has 0 bridgehead atoms. The normalized spacial score (nSPS) is 11.2. The number of aromatic nitrogens is 2. The fraction of sp³-hybridized carbons (Fsp3) is 0.0588. The summed E-state index contributed by atoms with van der Waals surface area (Å²) in [5.74, 6) is 0.430. The molecule has 1 aromatic heterocycles. The molecule has 0 radical (unpaired) electrons. The Morgan fingerprint density at radius 1 is 1.00 bits per heavy atom. The Kier molecular flexibility index (Phi) is 4.28. The zero-order valence-electron chi connectivity index (χ0n) is 13.0. The monoisotopic (exact) mass is 340 g/mol. The minimum atomic E-state index is -3.70. The summed E-state index contributed by atoms with van der Waals surface area (Å²) in [6.45, 7) is 2.02. The van der Waals surface area contributed by atoms with Crippen molar-refractivity contribution >= 4 is 21.7 Å². The molecule has 24 heavy (non-hydrogen) atoms. The highest BCUT2D eigenvalue weighted by atomic mass is 32.2. The Labute approximate surface area is 140 Å². The molecule has 3 aromatic rings. The standard InChI is InChI=1S/C17H16N4O2S/c1-12-4-2-3-5-15(12)16-10-11-19-17(21-16)20-13-6-8-14(9-7-13)24(18,22)23/h2-11H,1H3,(H2,18,22,23)(H,19,20,21). The minimum Gasteiger partial charge on any atom is -0.324 e. The number of anilines is 2. The summed E-state index contributed by atoms with van der Waals surface area (Å²) in [5.41, 5.74) is 3.64. The van der Waals surface area contributed by atoms with Gasteiger partial charge in [-0.05, 0) is 42.8 Å². The number of primary sulfonamides is 1. The van der Waals surface area contributed by atoms with Crippen LogP contribution in [0.3, 0.4) is 0 Å². The van der Waals surface area contributed by atoms with Gasteiger partial charge < -0.3 is 5.32 Å². The van der Waals surface area contributed by atoms with E-state index in [1.807, 2.05) is 37.3 Å². The second-order valence-corrected chi connectivity index (χ2v) is 6.84. The maximum Gasteiger partial charge on any atom is 0.238 e. The zero-order chi connectivity index (χ0) is 17.2. The highest BCUT2D eigenvalue weighted by molar-refractivity contribution is 7.89. The third kappa shape index (κ3) is 3.58. The van der Waals surface area contributed by atoms with Crippen molar-refractivity contribution in [1.82, 2.24) is 9.97 Å². The van der Waals surface area contributed by atoms with E-state index in [0.29, 0.717) is 11.6 Å². The van der Waals surface area contributed by atoms with Crippen LogP contribution < -0.4 is 10.5 Å². The first kappa shape index (κ1) is 16.1. The average molecular weight is 340 g/mol. The van der Waals surface area contributed by atoms with Crippen LogP contribution in [-0.2, 0) is 10.0 Å². The van der Waals surface area contributed by atoms with E-state index >= 15 is 0 Å². The Bertz CT molecular complexity index is 970. The number of sulfonamides is 1. The van der Waals surface area contributed by atoms with Crippen molar-refractivity contribution in [2.75, 3.05) is 5.32 Å². The predicted molar refractivity (Wildman–Crippen MR) is 93.3 cm³/mol. The number of aryl methyl sites for hydroxylation is 1. The van der Waals surface area contributed by atoms with Crippen molar-refractivity contribution in [3.05, 3.63) is 66.4 Å². The summed E-state index contributed by atoms with van der Waals surface area (Å²) in [6.07, 6.45) is 1.68. The largest absolute Gasteiger partial charge is 0.324 e. The molecule has 0 amide bonds. The number of nitrogens with two attached hydrogens (primary N) is 1. The van der Waals surface area contributed by atoms with Gasteiger partial charge in [-0.25, -0.2) is 23.5 Å². The number of hydrogen-bond acceptors (Lipinski definition) is 5. The number of nitrogens with one attached hydrogen (secondary N) is 1. The molecule has 7 heteroatoms. The molecule has 0 saturated heterocycles. The minimum absolute atomic E-state index is 0.0580. The second kappa shape index (κ2) is 6.38. The molecule has 2 aromatic carbocycles. The number of hydrogen-bond donors (Lipinski definition) is 2. The van der Waals surface area contributed by atoms with Gasteiger partial charge in [0.05, 0.1) is 10.6 Å². The molecule has 0 aliphatic rings. The summed E-state index contributed by atoms with van der Waals surface area (Å²) < 4.78 is 22.5. The van der Waals surface area contributed by atoms with Gasteiger partial charge in [0.1, 0.15) is 0 Å². The van der Waals surface area contributed by atoms with Gasteiger partial charge >= 0.3 is 0 Å².